The Morgan fingerprint density at radius 1 is 1.28 bits per heavy atom. The van der Waals surface area contributed by atoms with Crippen molar-refractivity contribution in [2.24, 2.45) is 0 Å². The molecule has 0 atom stereocenters. The number of alkyl halides is 1. The summed E-state index contributed by atoms with van der Waals surface area (Å²) in [5.41, 5.74) is 1.02. The molecule has 98 valence electrons. The lowest BCUT2D eigenvalue weighted by Crippen LogP contribution is -2.23. The second-order valence-corrected chi connectivity index (χ2v) is 4.92. The average Bonchev–Trinajstić information content (AvgIpc) is 2.35. The van der Waals surface area contributed by atoms with Gasteiger partial charge in [0.15, 0.2) is 0 Å². The van der Waals surface area contributed by atoms with Crippen LogP contribution in [0.2, 0.25) is 0 Å². The van der Waals surface area contributed by atoms with Crippen LogP contribution in [0.4, 0.5) is 0 Å². The fourth-order valence-electron chi connectivity index (χ4n) is 1.20. The predicted octanol–water partition coefficient (Wildman–Crippen LogP) is 3.59. The van der Waals surface area contributed by atoms with Crippen molar-refractivity contribution in [1.82, 2.24) is 5.32 Å². The van der Waals surface area contributed by atoms with Gasteiger partial charge in [-0.25, -0.2) is 0 Å². The van der Waals surface area contributed by atoms with Crippen molar-refractivity contribution in [2.45, 2.75) is 6.54 Å². The number of nitrogens with one attached hydrogen (secondary N) is 1. The highest BCUT2D eigenvalue weighted by Gasteiger charge is 2.08. The standard InChI is InChI=1S/C11H9Cl4NO2/c12-4-9(18)16-5-7-2-1-6(3-8(7)17)10(13)11(14)15/h1-3,17H,4-5H2,(H,16,18). The minimum Gasteiger partial charge on any atom is -0.508 e. The Balaban J connectivity index is 2.87. The number of hydrogen-bond donors (Lipinski definition) is 2. The number of halogens is 4. The molecule has 0 fully saturated rings. The van der Waals surface area contributed by atoms with Crippen LogP contribution in [0.5, 0.6) is 5.75 Å². The Morgan fingerprint density at radius 3 is 2.44 bits per heavy atom. The SMILES string of the molecule is O=C(CCl)NCc1ccc(C(Cl)=C(Cl)Cl)cc1O. The number of phenolic OH excluding ortho intramolecular Hbond substituents is 1. The van der Waals surface area contributed by atoms with E-state index in [0.29, 0.717) is 11.1 Å². The predicted molar refractivity (Wildman–Crippen MR) is 75.2 cm³/mol. The van der Waals surface area contributed by atoms with Gasteiger partial charge in [-0.3, -0.25) is 4.79 Å². The second-order valence-electron chi connectivity index (χ2n) is 3.33. The molecule has 18 heavy (non-hydrogen) atoms. The van der Waals surface area contributed by atoms with Crippen LogP contribution in [0.3, 0.4) is 0 Å². The van der Waals surface area contributed by atoms with Gasteiger partial charge in [-0.15, -0.1) is 11.6 Å². The molecule has 0 saturated heterocycles. The molecule has 0 aliphatic carbocycles. The number of aromatic hydroxyl groups is 1. The maximum absolute atomic E-state index is 11.0. The molecule has 0 aromatic heterocycles. The summed E-state index contributed by atoms with van der Waals surface area (Å²) in [7, 11) is 0. The van der Waals surface area contributed by atoms with E-state index < -0.39 is 0 Å². The van der Waals surface area contributed by atoms with Crippen LogP contribution in [0.25, 0.3) is 5.03 Å². The van der Waals surface area contributed by atoms with Crippen LogP contribution in [-0.4, -0.2) is 16.9 Å². The van der Waals surface area contributed by atoms with Crippen LogP contribution in [0, 0.1) is 0 Å². The third kappa shape index (κ3) is 4.25. The summed E-state index contributed by atoms with van der Waals surface area (Å²) in [6.07, 6.45) is 0. The summed E-state index contributed by atoms with van der Waals surface area (Å²) < 4.78 is -0.0840. The lowest BCUT2D eigenvalue weighted by Gasteiger charge is -2.08. The molecule has 1 amide bonds. The summed E-state index contributed by atoms with van der Waals surface area (Å²) in [6, 6.07) is 4.66. The molecule has 1 aromatic rings. The van der Waals surface area contributed by atoms with Gasteiger partial charge in [-0.2, -0.15) is 0 Å². The Bertz CT molecular complexity index is 484. The molecule has 0 aliphatic rings. The van der Waals surface area contributed by atoms with E-state index in [2.05, 4.69) is 5.32 Å². The number of rotatable bonds is 4. The zero-order valence-electron chi connectivity index (χ0n) is 9.01. The van der Waals surface area contributed by atoms with Crippen LogP contribution >= 0.6 is 46.4 Å². The first-order chi connectivity index (χ1) is 8.45. The molecule has 0 bridgehead atoms. The monoisotopic (exact) mass is 327 g/mol. The number of carbonyl (C=O) groups is 1. The third-order valence-corrected chi connectivity index (χ3v) is 3.32. The van der Waals surface area contributed by atoms with E-state index in [1.54, 1.807) is 12.1 Å². The van der Waals surface area contributed by atoms with E-state index in [9.17, 15) is 9.90 Å². The van der Waals surface area contributed by atoms with Gasteiger partial charge in [-0.05, 0) is 11.6 Å². The topological polar surface area (TPSA) is 49.3 Å². The van der Waals surface area contributed by atoms with Crippen molar-refractivity contribution in [3.63, 3.8) is 0 Å². The fraction of sp³-hybridized carbons (Fsp3) is 0.182. The van der Waals surface area contributed by atoms with E-state index in [0.717, 1.165) is 0 Å². The van der Waals surface area contributed by atoms with Crippen molar-refractivity contribution < 1.29 is 9.90 Å². The van der Waals surface area contributed by atoms with Crippen molar-refractivity contribution in [3.05, 3.63) is 33.8 Å². The van der Waals surface area contributed by atoms with Gasteiger partial charge < -0.3 is 10.4 Å². The summed E-state index contributed by atoms with van der Waals surface area (Å²) >= 11 is 22.2. The van der Waals surface area contributed by atoms with Gasteiger partial charge in [0.05, 0.1) is 5.03 Å². The van der Waals surface area contributed by atoms with Gasteiger partial charge in [-0.1, -0.05) is 46.9 Å². The quantitative estimate of drug-likeness (QED) is 0.830. The molecule has 0 spiro atoms. The van der Waals surface area contributed by atoms with Crippen LogP contribution < -0.4 is 5.32 Å². The highest BCUT2D eigenvalue weighted by Crippen LogP contribution is 2.31. The normalized spacial score (nSPS) is 10.0. The van der Waals surface area contributed by atoms with Gasteiger partial charge in [0.25, 0.3) is 0 Å². The molecular weight excluding hydrogens is 320 g/mol. The largest absolute Gasteiger partial charge is 0.508 e. The Hall–Kier alpha value is -0.610. The van der Waals surface area contributed by atoms with Gasteiger partial charge >= 0.3 is 0 Å². The first-order valence-electron chi connectivity index (χ1n) is 4.81. The Morgan fingerprint density at radius 2 is 1.94 bits per heavy atom. The van der Waals surface area contributed by atoms with Crippen molar-refractivity contribution in [1.29, 1.82) is 0 Å². The second kappa shape index (κ2) is 7.10. The first-order valence-corrected chi connectivity index (χ1v) is 6.48. The van der Waals surface area contributed by atoms with E-state index >= 15 is 0 Å². The molecule has 1 aromatic carbocycles. The van der Waals surface area contributed by atoms with Crippen molar-refractivity contribution in [3.8, 4) is 5.75 Å². The molecule has 0 saturated carbocycles. The average molecular weight is 329 g/mol. The maximum Gasteiger partial charge on any atom is 0.235 e. The number of carbonyl (C=O) groups excluding carboxylic acids is 1. The lowest BCUT2D eigenvalue weighted by molar-refractivity contribution is -0.118. The summed E-state index contributed by atoms with van der Waals surface area (Å²) in [5.74, 6) is -0.466. The minimum absolute atomic E-state index is 0.0184. The van der Waals surface area contributed by atoms with E-state index in [1.807, 2.05) is 0 Å². The molecule has 0 heterocycles. The van der Waals surface area contributed by atoms with Gasteiger partial charge in [0.2, 0.25) is 5.91 Å². The van der Waals surface area contributed by atoms with Crippen LogP contribution in [0.15, 0.2) is 22.7 Å². The lowest BCUT2D eigenvalue weighted by atomic mass is 10.1. The molecule has 2 N–H and O–H groups in total. The summed E-state index contributed by atoms with van der Waals surface area (Å²) in [6.45, 7) is 0.174. The first kappa shape index (κ1) is 15.4. The van der Waals surface area contributed by atoms with Crippen LogP contribution in [0.1, 0.15) is 11.1 Å². The molecule has 3 nitrogen and oxygen atoms in total. The minimum atomic E-state index is -0.318. The molecule has 0 unspecified atom stereocenters. The van der Waals surface area contributed by atoms with Crippen molar-refractivity contribution in [2.75, 3.05) is 5.88 Å². The van der Waals surface area contributed by atoms with E-state index in [4.69, 9.17) is 46.4 Å². The third-order valence-electron chi connectivity index (χ3n) is 2.10. The summed E-state index contributed by atoms with van der Waals surface area (Å²) in [5, 5.41) is 12.4. The van der Waals surface area contributed by atoms with Gasteiger partial charge in [0.1, 0.15) is 16.1 Å². The summed E-state index contributed by atoms with van der Waals surface area (Å²) in [4.78, 5) is 11.0. The molecule has 1 rings (SSSR count). The smallest absolute Gasteiger partial charge is 0.235 e. The fourth-order valence-corrected chi connectivity index (χ4v) is 1.63. The number of amides is 1. The van der Waals surface area contributed by atoms with Crippen molar-refractivity contribution >= 4 is 57.3 Å². The zero-order chi connectivity index (χ0) is 13.7. The highest BCUT2D eigenvalue weighted by atomic mass is 35.5. The molecule has 0 aliphatic heterocycles. The highest BCUT2D eigenvalue weighted by molar-refractivity contribution is 6.66. The Kier molecular flexibility index (Phi) is 6.09. The zero-order valence-corrected chi connectivity index (χ0v) is 12.0. The maximum atomic E-state index is 11.0. The van der Waals surface area contributed by atoms with E-state index in [-0.39, 0.29) is 33.6 Å². The number of phenols is 1. The number of benzene rings is 1. The van der Waals surface area contributed by atoms with Gasteiger partial charge in [0, 0.05) is 12.1 Å². The number of hydrogen-bond acceptors (Lipinski definition) is 2. The Labute approximate surface area is 124 Å². The molecule has 0 radical (unpaired) electrons. The molecule has 7 heteroatoms. The van der Waals surface area contributed by atoms with E-state index in [1.165, 1.54) is 6.07 Å². The van der Waals surface area contributed by atoms with Crippen LogP contribution in [-0.2, 0) is 11.3 Å². The molecular formula is C11H9Cl4NO2.